The summed E-state index contributed by atoms with van der Waals surface area (Å²) in [6.45, 7) is 4.51. The summed E-state index contributed by atoms with van der Waals surface area (Å²) in [4.78, 5) is 12.2. The average molecular weight is 405 g/mol. The summed E-state index contributed by atoms with van der Waals surface area (Å²) in [7, 11) is 0. The predicted molar refractivity (Wildman–Crippen MR) is 111 cm³/mol. The largest absolute Gasteiger partial charge is 0.325 e. The molecule has 0 atom stereocenters. The molecule has 0 saturated heterocycles. The van der Waals surface area contributed by atoms with Gasteiger partial charge in [0.1, 0.15) is 5.82 Å². The Morgan fingerprint density at radius 1 is 1.33 bits per heavy atom. The van der Waals surface area contributed by atoms with Gasteiger partial charge in [-0.1, -0.05) is 67.6 Å². The molecule has 3 rings (SSSR count). The molecule has 1 aliphatic carbocycles. The maximum absolute atomic E-state index is 12.2. The maximum Gasteiger partial charge on any atom is 0.234 e. The second kappa shape index (κ2) is 9.95. The zero-order valence-electron chi connectivity index (χ0n) is 15.4. The van der Waals surface area contributed by atoms with Gasteiger partial charge in [-0.05, 0) is 24.1 Å². The molecule has 1 N–H and O–H groups in total. The first-order chi connectivity index (χ1) is 13.2. The predicted octanol–water partition coefficient (Wildman–Crippen LogP) is 4.97. The van der Waals surface area contributed by atoms with E-state index >= 15 is 0 Å². The number of aromatic nitrogens is 3. The molecule has 1 heterocycles. The first-order valence-corrected chi connectivity index (χ1v) is 10.7. The smallest absolute Gasteiger partial charge is 0.234 e. The fourth-order valence-electron chi connectivity index (χ4n) is 3.43. The summed E-state index contributed by atoms with van der Waals surface area (Å²) in [6.07, 6.45) is 9.31. The van der Waals surface area contributed by atoms with E-state index in [2.05, 4.69) is 26.7 Å². The van der Waals surface area contributed by atoms with Crippen molar-refractivity contribution in [3.05, 3.63) is 47.8 Å². The lowest BCUT2D eigenvalue weighted by Gasteiger charge is -2.21. The molecule has 2 aromatic rings. The van der Waals surface area contributed by atoms with E-state index in [1.54, 1.807) is 12.1 Å². The lowest BCUT2D eigenvalue weighted by Crippen LogP contribution is -2.15. The van der Waals surface area contributed by atoms with Crippen LogP contribution in [0.3, 0.4) is 0 Å². The van der Waals surface area contributed by atoms with Gasteiger partial charge >= 0.3 is 0 Å². The SMILES string of the molecule is C=CCn1c(CC2CCCCC2)nnc1SCC(=O)Nc1cccc(Cl)c1. The van der Waals surface area contributed by atoms with Crippen LogP contribution in [-0.2, 0) is 17.8 Å². The Kier molecular flexibility index (Phi) is 7.35. The summed E-state index contributed by atoms with van der Waals surface area (Å²) in [5, 5.41) is 12.9. The van der Waals surface area contributed by atoms with Gasteiger partial charge in [-0.2, -0.15) is 0 Å². The van der Waals surface area contributed by atoms with Gasteiger partial charge in [0.2, 0.25) is 5.91 Å². The highest BCUT2D eigenvalue weighted by molar-refractivity contribution is 7.99. The molecule has 0 bridgehead atoms. The summed E-state index contributed by atoms with van der Waals surface area (Å²) in [6, 6.07) is 7.13. The van der Waals surface area contributed by atoms with Crippen LogP contribution in [0.4, 0.5) is 5.69 Å². The van der Waals surface area contributed by atoms with Crippen LogP contribution in [0.25, 0.3) is 0 Å². The van der Waals surface area contributed by atoms with Crippen molar-refractivity contribution < 1.29 is 4.79 Å². The third-order valence-corrected chi connectivity index (χ3v) is 5.94. The van der Waals surface area contributed by atoms with Crippen molar-refractivity contribution in [2.24, 2.45) is 5.92 Å². The minimum absolute atomic E-state index is 0.0933. The molecule has 7 heteroatoms. The van der Waals surface area contributed by atoms with E-state index < -0.39 is 0 Å². The Labute approximate surface area is 169 Å². The van der Waals surface area contributed by atoms with Crippen LogP contribution < -0.4 is 5.32 Å². The molecule has 1 aromatic carbocycles. The molecule has 0 radical (unpaired) electrons. The Bertz CT molecular complexity index is 786. The van der Waals surface area contributed by atoms with Gasteiger partial charge in [0.25, 0.3) is 0 Å². The lowest BCUT2D eigenvalue weighted by molar-refractivity contribution is -0.113. The number of halogens is 1. The minimum atomic E-state index is -0.0933. The van der Waals surface area contributed by atoms with Gasteiger partial charge in [0.05, 0.1) is 5.75 Å². The van der Waals surface area contributed by atoms with Crippen molar-refractivity contribution in [1.29, 1.82) is 0 Å². The van der Waals surface area contributed by atoms with Crippen molar-refractivity contribution in [3.8, 4) is 0 Å². The normalized spacial score (nSPS) is 14.9. The van der Waals surface area contributed by atoms with Crippen LogP contribution in [-0.4, -0.2) is 26.4 Å². The monoisotopic (exact) mass is 404 g/mol. The van der Waals surface area contributed by atoms with Crippen molar-refractivity contribution in [2.45, 2.75) is 50.2 Å². The quantitative estimate of drug-likeness (QED) is 0.498. The number of nitrogens with one attached hydrogen (secondary N) is 1. The average Bonchev–Trinajstić information content (AvgIpc) is 3.03. The van der Waals surface area contributed by atoms with Crippen molar-refractivity contribution in [2.75, 3.05) is 11.1 Å². The van der Waals surface area contributed by atoms with Crippen LogP contribution in [0, 0.1) is 5.92 Å². The third kappa shape index (κ3) is 5.84. The van der Waals surface area contributed by atoms with Gasteiger partial charge in [0.15, 0.2) is 5.16 Å². The molecule has 1 fully saturated rings. The highest BCUT2D eigenvalue weighted by Gasteiger charge is 2.19. The third-order valence-electron chi connectivity index (χ3n) is 4.74. The number of anilines is 1. The molecule has 144 valence electrons. The zero-order valence-corrected chi connectivity index (χ0v) is 16.9. The highest BCUT2D eigenvalue weighted by atomic mass is 35.5. The molecule has 27 heavy (non-hydrogen) atoms. The number of benzene rings is 1. The number of nitrogens with zero attached hydrogens (tertiary/aromatic N) is 3. The van der Waals surface area contributed by atoms with Crippen LogP contribution in [0.5, 0.6) is 0 Å². The van der Waals surface area contributed by atoms with Crippen molar-refractivity contribution >= 4 is 35.0 Å². The Morgan fingerprint density at radius 3 is 2.89 bits per heavy atom. The van der Waals surface area contributed by atoms with E-state index in [0.29, 0.717) is 23.2 Å². The minimum Gasteiger partial charge on any atom is -0.325 e. The maximum atomic E-state index is 12.2. The van der Waals surface area contributed by atoms with E-state index in [9.17, 15) is 4.79 Å². The molecule has 0 spiro atoms. The van der Waals surface area contributed by atoms with Crippen molar-refractivity contribution in [1.82, 2.24) is 14.8 Å². The van der Waals surface area contributed by atoms with E-state index in [0.717, 1.165) is 17.4 Å². The second-order valence-electron chi connectivity index (χ2n) is 6.85. The van der Waals surface area contributed by atoms with Gasteiger partial charge in [-0.3, -0.25) is 4.79 Å². The Hall–Kier alpha value is -1.79. The van der Waals surface area contributed by atoms with Gasteiger partial charge in [-0.15, -0.1) is 16.8 Å². The number of allylic oxidation sites excluding steroid dienone is 1. The summed E-state index contributed by atoms with van der Waals surface area (Å²) >= 11 is 7.35. The van der Waals surface area contributed by atoms with Crippen LogP contribution >= 0.6 is 23.4 Å². The highest BCUT2D eigenvalue weighted by Crippen LogP contribution is 2.27. The molecular weight excluding hydrogens is 380 g/mol. The van der Waals surface area contributed by atoms with E-state index in [-0.39, 0.29) is 11.7 Å². The van der Waals surface area contributed by atoms with Crippen LogP contribution in [0.2, 0.25) is 5.02 Å². The molecule has 1 amide bonds. The Balaban J connectivity index is 1.60. The molecule has 1 saturated carbocycles. The van der Waals surface area contributed by atoms with Gasteiger partial charge in [-0.25, -0.2) is 0 Å². The van der Waals surface area contributed by atoms with Crippen molar-refractivity contribution in [3.63, 3.8) is 0 Å². The summed E-state index contributed by atoms with van der Waals surface area (Å²) < 4.78 is 2.08. The van der Waals surface area contributed by atoms with E-state index in [4.69, 9.17) is 11.6 Å². The number of carbonyl (C=O) groups excluding carboxylic acids is 1. The number of rotatable bonds is 8. The number of hydrogen-bond donors (Lipinski definition) is 1. The van der Waals surface area contributed by atoms with E-state index in [1.165, 1.54) is 43.9 Å². The van der Waals surface area contributed by atoms with Crippen LogP contribution in [0.15, 0.2) is 42.1 Å². The van der Waals surface area contributed by atoms with Crippen LogP contribution in [0.1, 0.15) is 37.9 Å². The Morgan fingerprint density at radius 2 is 2.15 bits per heavy atom. The second-order valence-corrected chi connectivity index (χ2v) is 8.23. The fraction of sp³-hybridized carbons (Fsp3) is 0.450. The topological polar surface area (TPSA) is 59.8 Å². The first kappa shape index (κ1) is 20.0. The zero-order chi connectivity index (χ0) is 19.1. The standard InChI is InChI=1S/C20H25ClN4OS/c1-2-11-25-18(12-15-7-4-3-5-8-15)23-24-20(25)27-14-19(26)22-17-10-6-9-16(21)13-17/h2,6,9-10,13,15H,1,3-5,7-8,11-12,14H2,(H,22,26). The molecule has 1 aliphatic rings. The lowest BCUT2D eigenvalue weighted by atomic mass is 9.87. The van der Waals surface area contributed by atoms with Gasteiger partial charge in [0, 0.05) is 23.7 Å². The first-order valence-electron chi connectivity index (χ1n) is 9.37. The summed E-state index contributed by atoms with van der Waals surface area (Å²) in [5.41, 5.74) is 0.693. The number of hydrogen-bond acceptors (Lipinski definition) is 4. The number of thioether (sulfide) groups is 1. The number of carbonyl (C=O) groups is 1. The molecule has 0 unspecified atom stereocenters. The number of amides is 1. The summed E-state index contributed by atoms with van der Waals surface area (Å²) in [5.74, 6) is 1.87. The van der Waals surface area contributed by atoms with Gasteiger partial charge < -0.3 is 9.88 Å². The molecule has 0 aliphatic heterocycles. The molecular formula is C20H25ClN4OS. The molecule has 1 aromatic heterocycles. The molecule has 5 nitrogen and oxygen atoms in total. The fourth-order valence-corrected chi connectivity index (χ4v) is 4.39. The van der Waals surface area contributed by atoms with E-state index in [1.807, 2.05) is 18.2 Å².